The third-order valence-electron chi connectivity index (χ3n) is 2.28. The first-order valence-corrected chi connectivity index (χ1v) is 5.82. The largest absolute Gasteiger partial charge is 0.399 e. The molecule has 0 atom stereocenters. The molecule has 0 fully saturated rings. The van der Waals surface area contributed by atoms with Crippen molar-refractivity contribution in [3.05, 3.63) is 36.9 Å². The van der Waals surface area contributed by atoms with Crippen molar-refractivity contribution in [3.8, 4) is 0 Å². The van der Waals surface area contributed by atoms with Gasteiger partial charge in [-0.3, -0.25) is 0 Å². The lowest BCUT2D eigenvalue weighted by atomic mass is 10.3. The van der Waals surface area contributed by atoms with Gasteiger partial charge in [0.2, 0.25) is 0 Å². The van der Waals surface area contributed by atoms with Crippen LogP contribution in [-0.2, 0) is 0 Å². The molecule has 17 heavy (non-hydrogen) atoms. The Labute approximate surface area is 102 Å². The van der Waals surface area contributed by atoms with Gasteiger partial charge >= 0.3 is 0 Å². The third-order valence-corrected chi connectivity index (χ3v) is 3.29. The van der Waals surface area contributed by atoms with Gasteiger partial charge in [0, 0.05) is 10.6 Å². The summed E-state index contributed by atoms with van der Waals surface area (Å²) in [7, 11) is 0. The molecule has 5 nitrogen and oxygen atoms in total. The lowest BCUT2D eigenvalue weighted by Crippen LogP contribution is -1.86. The van der Waals surface area contributed by atoms with Gasteiger partial charge in [0.25, 0.3) is 0 Å². The Kier molecular flexibility index (Phi) is 2.41. The number of nitrogens with two attached hydrogens (primary N) is 1. The molecular weight excluding hydrogens is 234 g/mol. The zero-order valence-corrected chi connectivity index (χ0v) is 9.61. The molecule has 2 heterocycles. The molecule has 0 aliphatic carbocycles. The fourth-order valence-electron chi connectivity index (χ4n) is 1.47. The van der Waals surface area contributed by atoms with Crippen LogP contribution in [0.3, 0.4) is 0 Å². The average molecular weight is 243 g/mol. The summed E-state index contributed by atoms with van der Waals surface area (Å²) in [5.74, 6) is 0. The Morgan fingerprint density at radius 2 is 1.88 bits per heavy atom. The number of hydrogen-bond acceptors (Lipinski definition) is 5. The Morgan fingerprint density at radius 1 is 1.06 bits per heavy atom. The van der Waals surface area contributed by atoms with E-state index in [1.54, 1.807) is 18.1 Å². The Balaban J connectivity index is 1.99. The zero-order valence-electron chi connectivity index (χ0n) is 8.79. The predicted octanol–water partition coefficient (Wildman–Crippen LogP) is 2.09. The first kappa shape index (κ1) is 10.1. The maximum absolute atomic E-state index is 5.64. The van der Waals surface area contributed by atoms with E-state index in [2.05, 4.69) is 19.9 Å². The van der Waals surface area contributed by atoms with Crippen LogP contribution in [0.1, 0.15) is 0 Å². The van der Waals surface area contributed by atoms with Crippen molar-refractivity contribution < 1.29 is 0 Å². The smallest absolute Gasteiger partial charge is 0.181 e. The maximum Gasteiger partial charge on any atom is 0.181 e. The van der Waals surface area contributed by atoms with Crippen LogP contribution in [0.15, 0.2) is 46.8 Å². The number of anilines is 1. The number of nitrogen functional groups attached to an aromatic ring is 1. The average Bonchev–Trinajstić information content (AvgIpc) is 2.81. The van der Waals surface area contributed by atoms with Gasteiger partial charge in [-0.15, -0.1) is 0 Å². The monoisotopic (exact) mass is 243 g/mol. The van der Waals surface area contributed by atoms with Crippen molar-refractivity contribution >= 4 is 28.6 Å². The lowest BCUT2D eigenvalue weighted by Gasteiger charge is -2.01. The van der Waals surface area contributed by atoms with E-state index >= 15 is 0 Å². The van der Waals surface area contributed by atoms with E-state index in [0.717, 1.165) is 21.1 Å². The molecule has 0 radical (unpaired) electrons. The third kappa shape index (κ3) is 1.94. The van der Waals surface area contributed by atoms with Gasteiger partial charge in [-0.2, -0.15) is 0 Å². The minimum absolute atomic E-state index is 0.679. The van der Waals surface area contributed by atoms with Gasteiger partial charge in [0.05, 0.1) is 6.33 Å². The van der Waals surface area contributed by atoms with E-state index in [0.29, 0.717) is 5.65 Å². The second-order valence-electron chi connectivity index (χ2n) is 3.45. The summed E-state index contributed by atoms with van der Waals surface area (Å²) >= 11 is 1.55. The summed E-state index contributed by atoms with van der Waals surface area (Å²) in [5.41, 5.74) is 7.93. The van der Waals surface area contributed by atoms with Gasteiger partial charge in [0.1, 0.15) is 16.9 Å². The zero-order chi connectivity index (χ0) is 11.7. The molecule has 3 rings (SSSR count). The van der Waals surface area contributed by atoms with Crippen molar-refractivity contribution in [2.75, 3.05) is 5.73 Å². The number of nitrogens with zero attached hydrogens (tertiary/aromatic N) is 3. The van der Waals surface area contributed by atoms with Crippen molar-refractivity contribution in [1.29, 1.82) is 0 Å². The normalized spacial score (nSPS) is 10.8. The summed E-state index contributed by atoms with van der Waals surface area (Å²) in [6.45, 7) is 0. The van der Waals surface area contributed by atoms with Crippen LogP contribution in [0.25, 0.3) is 11.2 Å². The summed E-state index contributed by atoms with van der Waals surface area (Å²) < 4.78 is 0. The van der Waals surface area contributed by atoms with Crippen molar-refractivity contribution in [2.45, 2.75) is 9.92 Å². The summed E-state index contributed by atoms with van der Waals surface area (Å²) in [5, 5.41) is 0.859. The number of hydrogen-bond donors (Lipinski definition) is 2. The molecule has 0 aliphatic heterocycles. The highest BCUT2D eigenvalue weighted by Gasteiger charge is 2.07. The number of benzene rings is 1. The molecule has 0 saturated heterocycles. The van der Waals surface area contributed by atoms with Crippen LogP contribution in [0.2, 0.25) is 0 Å². The lowest BCUT2D eigenvalue weighted by molar-refractivity contribution is 1.08. The topological polar surface area (TPSA) is 80.5 Å². The van der Waals surface area contributed by atoms with Crippen molar-refractivity contribution in [2.24, 2.45) is 0 Å². The SMILES string of the molecule is Nc1ccc(Sc2ncnc3nc[nH]c23)cc1. The Morgan fingerprint density at radius 3 is 2.71 bits per heavy atom. The molecule has 6 heteroatoms. The van der Waals surface area contributed by atoms with Crippen molar-refractivity contribution in [3.63, 3.8) is 0 Å². The number of H-pyrrole nitrogens is 1. The van der Waals surface area contributed by atoms with Crippen LogP contribution in [0.5, 0.6) is 0 Å². The number of nitrogens with one attached hydrogen (secondary N) is 1. The highest BCUT2D eigenvalue weighted by molar-refractivity contribution is 7.99. The fourth-order valence-corrected chi connectivity index (χ4v) is 2.32. The number of aromatic nitrogens is 4. The van der Waals surface area contributed by atoms with Gasteiger partial charge < -0.3 is 10.7 Å². The molecule has 0 saturated carbocycles. The second-order valence-corrected chi connectivity index (χ2v) is 4.51. The number of fused-ring (bicyclic) bond motifs is 1. The Hall–Kier alpha value is -2.08. The van der Waals surface area contributed by atoms with Gasteiger partial charge in [-0.05, 0) is 24.3 Å². The highest BCUT2D eigenvalue weighted by Crippen LogP contribution is 2.29. The van der Waals surface area contributed by atoms with Crippen LogP contribution in [0.4, 0.5) is 5.69 Å². The summed E-state index contributed by atoms with van der Waals surface area (Å²) in [6.07, 6.45) is 3.13. The van der Waals surface area contributed by atoms with Crippen molar-refractivity contribution in [1.82, 2.24) is 19.9 Å². The van der Waals surface area contributed by atoms with Crippen LogP contribution in [0, 0.1) is 0 Å². The standard InChI is InChI=1S/C11H9N5S/c12-7-1-3-8(4-2-7)17-11-9-10(14-5-13-9)15-6-16-11/h1-6H,12H2,(H,13,14,15,16). The molecule has 2 aromatic heterocycles. The molecular formula is C11H9N5S. The van der Waals surface area contributed by atoms with E-state index in [9.17, 15) is 0 Å². The number of aromatic amines is 1. The van der Waals surface area contributed by atoms with E-state index in [1.165, 1.54) is 6.33 Å². The van der Waals surface area contributed by atoms with Crippen LogP contribution >= 0.6 is 11.8 Å². The summed E-state index contributed by atoms with van der Waals surface area (Å²) in [4.78, 5) is 16.5. The first-order valence-electron chi connectivity index (χ1n) is 5.00. The van der Waals surface area contributed by atoms with E-state index in [4.69, 9.17) is 5.73 Å². The quantitative estimate of drug-likeness (QED) is 0.532. The van der Waals surface area contributed by atoms with Gasteiger partial charge in [-0.1, -0.05) is 11.8 Å². The van der Waals surface area contributed by atoms with Gasteiger partial charge in [0.15, 0.2) is 5.65 Å². The molecule has 0 unspecified atom stereocenters. The maximum atomic E-state index is 5.64. The second kappa shape index (κ2) is 4.06. The molecule has 3 aromatic rings. The Bertz CT molecular complexity index is 646. The molecule has 0 bridgehead atoms. The van der Waals surface area contributed by atoms with Crippen LogP contribution < -0.4 is 5.73 Å². The van der Waals surface area contributed by atoms with Crippen LogP contribution in [-0.4, -0.2) is 19.9 Å². The molecule has 0 amide bonds. The predicted molar refractivity (Wildman–Crippen MR) is 66.7 cm³/mol. The van der Waals surface area contributed by atoms with Gasteiger partial charge in [-0.25, -0.2) is 15.0 Å². The van der Waals surface area contributed by atoms with E-state index < -0.39 is 0 Å². The molecule has 3 N–H and O–H groups in total. The molecule has 1 aromatic carbocycles. The number of imidazole rings is 1. The fraction of sp³-hybridized carbons (Fsp3) is 0. The summed E-state index contributed by atoms with van der Waals surface area (Å²) in [6, 6.07) is 7.66. The van der Waals surface area contributed by atoms with E-state index in [-0.39, 0.29) is 0 Å². The molecule has 0 spiro atoms. The highest BCUT2D eigenvalue weighted by atomic mass is 32.2. The first-order chi connectivity index (χ1) is 8.33. The number of rotatable bonds is 2. The molecule has 0 aliphatic rings. The minimum Gasteiger partial charge on any atom is -0.399 e. The minimum atomic E-state index is 0.679. The van der Waals surface area contributed by atoms with E-state index in [1.807, 2.05) is 24.3 Å². The molecule has 84 valence electrons.